The zero-order valence-corrected chi connectivity index (χ0v) is 18.0. The molecule has 2 N–H and O–H groups in total. The molecule has 2 aromatic carbocycles. The number of halogens is 2. The Morgan fingerprint density at radius 3 is 2.72 bits per heavy atom. The smallest absolute Gasteiger partial charge is 0.263 e. The number of fused-ring (bicyclic) bond motifs is 1. The molecule has 3 aromatic rings. The van der Waals surface area contributed by atoms with E-state index < -0.39 is 10.0 Å². The Kier molecular flexibility index (Phi) is 5.16. The van der Waals surface area contributed by atoms with Gasteiger partial charge in [-0.1, -0.05) is 23.2 Å². The quantitative estimate of drug-likeness (QED) is 0.583. The number of ether oxygens (including phenoxy) is 1. The minimum Gasteiger partial charge on any atom is -0.482 e. The summed E-state index contributed by atoms with van der Waals surface area (Å²) >= 11 is 13.0. The van der Waals surface area contributed by atoms with Gasteiger partial charge in [0.25, 0.3) is 15.9 Å². The van der Waals surface area contributed by atoms with E-state index in [1.807, 2.05) is 6.92 Å². The van der Waals surface area contributed by atoms with E-state index in [1.165, 1.54) is 29.5 Å². The highest BCUT2D eigenvalue weighted by molar-refractivity contribution is 7.93. The molecule has 150 valence electrons. The van der Waals surface area contributed by atoms with E-state index in [2.05, 4.69) is 15.0 Å². The zero-order valence-electron chi connectivity index (χ0n) is 14.8. The van der Waals surface area contributed by atoms with Gasteiger partial charge in [-0.05, 0) is 43.3 Å². The predicted molar refractivity (Wildman–Crippen MR) is 114 cm³/mol. The van der Waals surface area contributed by atoms with Crippen molar-refractivity contribution in [3.8, 4) is 17.0 Å². The Labute approximate surface area is 180 Å². The summed E-state index contributed by atoms with van der Waals surface area (Å²) in [6, 6.07) is 9.34. The van der Waals surface area contributed by atoms with Crippen molar-refractivity contribution < 1.29 is 17.9 Å². The van der Waals surface area contributed by atoms with Crippen LogP contribution in [0.3, 0.4) is 0 Å². The Hall–Kier alpha value is -2.33. The van der Waals surface area contributed by atoms with Gasteiger partial charge in [-0.2, -0.15) is 0 Å². The molecule has 0 spiro atoms. The molecule has 29 heavy (non-hydrogen) atoms. The lowest BCUT2D eigenvalue weighted by Crippen LogP contribution is -2.25. The van der Waals surface area contributed by atoms with E-state index in [0.29, 0.717) is 17.1 Å². The highest BCUT2D eigenvalue weighted by Crippen LogP contribution is 2.36. The number of benzene rings is 2. The van der Waals surface area contributed by atoms with Crippen LogP contribution in [0.1, 0.15) is 4.88 Å². The van der Waals surface area contributed by atoms with Crippen LogP contribution >= 0.6 is 34.5 Å². The van der Waals surface area contributed by atoms with Gasteiger partial charge in [-0.3, -0.25) is 9.52 Å². The number of anilines is 2. The van der Waals surface area contributed by atoms with Crippen LogP contribution in [0.5, 0.6) is 5.75 Å². The molecule has 1 aliphatic heterocycles. The predicted octanol–water partition coefficient (Wildman–Crippen LogP) is 4.56. The molecule has 1 aliphatic rings. The van der Waals surface area contributed by atoms with Crippen molar-refractivity contribution in [3.05, 3.63) is 51.3 Å². The molecule has 0 radical (unpaired) electrons. The van der Waals surface area contributed by atoms with Crippen LogP contribution in [0.25, 0.3) is 11.3 Å². The minimum absolute atomic E-state index is 0.0186. The van der Waals surface area contributed by atoms with Crippen molar-refractivity contribution in [2.45, 2.75) is 11.8 Å². The van der Waals surface area contributed by atoms with Gasteiger partial charge in [-0.25, -0.2) is 13.4 Å². The lowest BCUT2D eigenvalue weighted by molar-refractivity contribution is -0.118. The summed E-state index contributed by atoms with van der Waals surface area (Å²) in [5, 5.41) is 3.36. The molecular formula is C18H13Cl2N3O4S2. The van der Waals surface area contributed by atoms with Crippen LogP contribution in [0.4, 0.5) is 10.8 Å². The largest absolute Gasteiger partial charge is 0.482 e. The van der Waals surface area contributed by atoms with E-state index >= 15 is 0 Å². The van der Waals surface area contributed by atoms with E-state index in [1.54, 1.807) is 18.2 Å². The second-order valence-electron chi connectivity index (χ2n) is 6.15. The zero-order chi connectivity index (χ0) is 20.8. The molecule has 1 amide bonds. The molecule has 0 fully saturated rings. The minimum atomic E-state index is -3.88. The van der Waals surface area contributed by atoms with Crippen LogP contribution in [-0.4, -0.2) is 25.9 Å². The molecular weight excluding hydrogens is 457 g/mol. The lowest BCUT2D eigenvalue weighted by atomic mass is 10.1. The number of aryl methyl sites for hydroxylation is 1. The fourth-order valence-electron chi connectivity index (χ4n) is 2.76. The van der Waals surface area contributed by atoms with Crippen molar-refractivity contribution in [2.24, 2.45) is 0 Å². The highest BCUT2D eigenvalue weighted by atomic mass is 35.5. The molecule has 0 aliphatic carbocycles. The summed E-state index contributed by atoms with van der Waals surface area (Å²) in [6.07, 6.45) is 0. The number of nitrogens with one attached hydrogen (secondary N) is 2. The number of rotatable bonds is 4. The third-order valence-corrected chi connectivity index (χ3v) is 7.20. The second-order valence-corrected chi connectivity index (χ2v) is 9.85. The summed E-state index contributed by atoms with van der Waals surface area (Å²) in [7, 11) is -3.88. The van der Waals surface area contributed by atoms with Crippen LogP contribution in [0.2, 0.25) is 10.0 Å². The Balaban J connectivity index is 1.64. The topological polar surface area (TPSA) is 97.4 Å². The van der Waals surface area contributed by atoms with Crippen LogP contribution in [0, 0.1) is 6.92 Å². The number of hydrogen-bond acceptors (Lipinski definition) is 6. The molecule has 1 aromatic heterocycles. The van der Waals surface area contributed by atoms with Crippen LogP contribution in [-0.2, 0) is 14.8 Å². The molecule has 2 heterocycles. The van der Waals surface area contributed by atoms with Crippen molar-refractivity contribution in [3.63, 3.8) is 0 Å². The monoisotopic (exact) mass is 469 g/mol. The van der Waals surface area contributed by atoms with E-state index in [-0.39, 0.29) is 32.6 Å². The Morgan fingerprint density at radius 1 is 1.17 bits per heavy atom. The molecule has 4 rings (SSSR count). The summed E-state index contributed by atoms with van der Waals surface area (Å²) < 4.78 is 33.1. The number of thiazole rings is 1. The van der Waals surface area contributed by atoms with Crippen molar-refractivity contribution in [2.75, 3.05) is 16.6 Å². The number of sulfonamides is 1. The van der Waals surface area contributed by atoms with Gasteiger partial charge in [0.05, 0.1) is 26.3 Å². The number of hydrogen-bond donors (Lipinski definition) is 2. The normalized spacial score (nSPS) is 13.4. The number of aromatic nitrogens is 1. The number of nitrogens with zero attached hydrogens (tertiary/aromatic N) is 1. The summed E-state index contributed by atoms with van der Waals surface area (Å²) in [4.78, 5) is 16.7. The molecule has 7 nitrogen and oxygen atoms in total. The average Bonchev–Trinajstić information content (AvgIpc) is 3.02. The van der Waals surface area contributed by atoms with Gasteiger partial charge in [0.2, 0.25) is 0 Å². The van der Waals surface area contributed by atoms with Gasteiger partial charge in [0.15, 0.2) is 11.7 Å². The summed E-state index contributed by atoms with van der Waals surface area (Å²) in [5.41, 5.74) is 1.87. The fourth-order valence-corrected chi connectivity index (χ4v) is 5.22. The SMILES string of the molecule is Cc1sc(NS(=O)(=O)c2ccc(Cl)c(Cl)c2)nc1-c1ccc2c(c1)NC(=O)CO2. The third-order valence-electron chi connectivity index (χ3n) is 4.11. The standard InChI is InChI=1S/C18H13Cl2N3O4S2/c1-9-17(10-2-5-15-14(6-10)21-16(24)8-27-15)22-18(28-9)23-29(25,26)11-3-4-12(19)13(20)7-11/h2-7H,8H2,1H3,(H,21,24)(H,22,23). The maximum Gasteiger partial charge on any atom is 0.263 e. The van der Waals surface area contributed by atoms with Gasteiger partial charge in [-0.15, -0.1) is 11.3 Å². The first-order chi connectivity index (χ1) is 13.7. The average molecular weight is 470 g/mol. The molecule has 0 atom stereocenters. The number of carbonyl (C=O) groups is 1. The highest BCUT2D eigenvalue weighted by Gasteiger charge is 2.21. The summed E-state index contributed by atoms with van der Waals surface area (Å²) in [6.45, 7) is 1.81. The third kappa shape index (κ3) is 4.04. The first kappa shape index (κ1) is 20.0. The maximum atomic E-state index is 12.6. The molecule has 0 bridgehead atoms. The molecule has 11 heteroatoms. The Morgan fingerprint density at radius 2 is 1.97 bits per heavy atom. The first-order valence-corrected chi connectivity index (χ1v) is 11.3. The van der Waals surface area contributed by atoms with Gasteiger partial charge in [0.1, 0.15) is 5.75 Å². The van der Waals surface area contributed by atoms with Gasteiger partial charge in [0, 0.05) is 10.4 Å². The van der Waals surface area contributed by atoms with Crippen molar-refractivity contribution >= 4 is 61.3 Å². The van der Waals surface area contributed by atoms with Gasteiger partial charge >= 0.3 is 0 Å². The first-order valence-electron chi connectivity index (χ1n) is 8.25. The summed E-state index contributed by atoms with van der Waals surface area (Å²) in [5.74, 6) is 0.335. The fraction of sp³-hybridized carbons (Fsp3) is 0.111. The molecule has 0 unspecified atom stereocenters. The van der Waals surface area contributed by atoms with E-state index in [9.17, 15) is 13.2 Å². The van der Waals surface area contributed by atoms with Crippen molar-refractivity contribution in [1.29, 1.82) is 0 Å². The number of amides is 1. The molecule has 0 saturated heterocycles. The Bertz CT molecular complexity index is 1240. The van der Waals surface area contributed by atoms with Crippen LogP contribution in [0.15, 0.2) is 41.3 Å². The maximum absolute atomic E-state index is 12.6. The van der Waals surface area contributed by atoms with E-state index in [0.717, 1.165) is 10.4 Å². The van der Waals surface area contributed by atoms with Gasteiger partial charge < -0.3 is 10.1 Å². The molecule has 0 saturated carbocycles. The van der Waals surface area contributed by atoms with Crippen LogP contribution < -0.4 is 14.8 Å². The van der Waals surface area contributed by atoms with Crippen molar-refractivity contribution in [1.82, 2.24) is 4.98 Å². The second kappa shape index (κ2) is 7.49. The lowest BCUT2D eigenvalue weighted by Gasteiger charge is -2.18. The van der Waals surface area contributed by atoms with E-state index in [4.69, 9.17) is 27.9 Å². The number of carbonyl (C=O) groups excluding carboxylic acids is 1.